The maximum Gasteiger partial charge on any atom is 0.211 e. The maximum atomic E-state index is 11.8. The molecule has 0 aliphatic heterocycles. The predicted molar refractivity (Wildman–Crippen MR) is 68.3 cm³/mol. The van der Waals surface area contributed by atoms with Crippen LogP contribution in [0.5, 0.6) is 5.75 Å². The van der Waals surface area contributed by atoms with E-state index in [1.165, 1.54) is 11.3 Å². The van der Waals surface area contributed by atoms with Crippen LogP contribution in [0.3, 0.4) is 0 Å². The molecule has 0 bridgehead atoms. The molecule has 2 rings (SSSR count). The van der Waals surface area contributed by atoms with Crippen LogP contribution in [0.4, 0.5) is 0 Å². The van der Waals surface area contributed by atoms with Gasteiger partial charge in [-0.1, -0.05) is 18.2 Å². The summed E-state index contributed by atoms with van der Waals surface area (Å²) in [5.41, 5.74) is 0. The maximum absolute atomic E-state index is 11.8. The first-order valence-corrected chi connectivity index (χ1v) is 6.38. The van der Waals surface area contributed by atoms with Crippen LogP contribution in [0.2, 0.25) is 0 Å². The second-order valence-corrected chi connectivity index (χ2v) is 4.89. The smallest absolute Gasteiger partial charge is 0.211 e. The zero-order chi connectivity index (χ0) is 11.4. The molecule has 0 atom stereocenters. The standard InChI is InChI=1S/C12H9BrO2S/c13-10-6-7-16-12(10)11(14)8-15-9-4-2-1-3-5-9/h1-7H,8H2. The summed E-state index contributed by atoms with van der Waals surface area (Å²) in [5, 5.41) is 1.87. The van der Waals surface area contributed by atoms with Gasteiger partial charge in [0.1, 0.15) is 5.75 Å². The van der Waals surface area contributed by atoms with E-state index in [1.807, 2.05) is 41.8 Å². The van der Waals surface area contributed by atoms with E-state index >= 15 is 0 Å². The Hall–Kier alpha value is -1.13. The van der Waals surface area contributed by atoms with Crippen LogP contribution in [0.25, 0.3) is 0 Å². The van der Waals surface area contributed by atoms with Crippen LogP contribution in [-0.2, 0) is 0 Å². The summed E-state index contributed by atoms with van der Waals surface area (Å²) < 4.78 is 6.22. The fourth-order valence-electron chi connectivity index (χ4n) is 1.22. The minimum absolute atomic E-state index is 0.00859. The lowest BCUT2D eigenvalue weighted by atomic mass is 10.3. The van der Waals surface area contributed by atoms with Crippen molar-refractivity contribution in [2.45, 2.75) is 0 Å². The number of halogens is 1. The Bertz CT molecular complexity index is 479. The molecule has 0 amide bonds. The molecule has 0 saturated heterocycles. The SMILES string of the molecule is O=C(COc1ccccc1)c1sccc1Br. The van der Waals surface area contributed by atoms with Crippen molar-refractivity contribution >= 4 is 33.0 Å². The largest absolute Gasteiger partial charge is 0.485 e. The third-order valence-electron chi connectivity index (χ3n) is 1.98. The molecule has 0 N–H and O–H groups in total. The molecule has 0 spiro atoms. The number of ketones is 1. The third-order valence-corrected chi connectivity index (χ3v) is 3.86. The lowest BCUT2D eigenvalue weighted by Gasteiger charge is -2.03. The number of benzene rings is 1. The van der Waals surface area contributed by atoms with Crippen LogP contribution in [0.15, 0.2) is 46.3 Å². The Morgan fingerprint density at radius 2 is 2.00 bits per heavy atom. The fraction of sp³-hybridized carbons (Fsp3) is 0.0833. The van der Waals surface area contributed by atoms with E-state index in [1.54, 1.807) is 0 Å². The van der Waals surface area contributed by atoms with Gasteiger partial charge >= 0.3 is 0 Å². The summed E-state index contributed by atoms with van der Waals surface area (Å²) >= 11 is 4.74. The van der Waals surface area contributed by atoms with E-state index in [0.29, 0.717) is 10.6 Å². The normalized spacial score (nSPS) is 10.1. The summed E-state index contributed by atoms with van der Waals surface area (Å²) in [7, 11) is 0. The van der Waals surface area contributed by atoms with Gasteiger partial charge in [-0.25, -0.2) is 0 Å². The summed E-state index contributed by atoms with van der Waals surface area (Å²) in [5.74, 6) is 0.703. The van der Waals surface area contributed by atoms with Crippen molar-refractivity contribution in [2.75, 3.05) is 6.61 Å². The first-order valence-electron chi connectivity index (χ1n) is 4.71. The first kappa shape index (κ1) is 11.4. The highest BCUT2D eigenvalue weighted by atomic mass is 79.9. The molecular weight excluding hydrogens is 288 g/mol. The van der Waals surface area contributed by atoms with E-state index in [-0.39, 0.29) is 12.4 Å². The van der Waals surface area contributed by atoms with Gasteiger partial charge in [0, 0.05) is 4.47 Å². The number of ether oxygens (including phenoxy) is 1. The fourth-order valence-corrected chi connectivity index (χ4v) is 2.74. The van der Waals surface area contributed by atoms with E-state index in [2.05, 4.69) is 15.9 Å². The van der Waals surface area contributed by atoms with Crippen molar-refractivity contribution in [2.24, 2.45) is 0 Å². The Morgan fingerprint density at radius 1 is 1.25 bits per heavy atom. The molecule has 2 aromatic rings. The van der Waals surface area contributed by atoms with Crippen molar-refractivity contribution < 1.29 is 9.53 Å². The second kappa shape index (κ2) is 5.27. The van der Waals surface area contributed by atoms with Gasteiger partial charge in [0.2, 0.25) is 5.78 Å². The molecule has 2 nitrogen and oxygen atoms in total. The minimum Gasteiger partial charge on any atom is -0.485 e. The number of para-hydroxylation sites is 1. The lowest BCUT2D eigenvalue weighted by Crippen LogP contribution is -2.10. The van der Waals surface area contributed by atoms with Crippen molar-refractivity contribution in [3.8, 4) is 5.75 Å². The van der Waals surface area contributed by atoms with E-state index in [0.717, 1.165) is 4.47 Å². The molecule has 0 aliphatic rings. The monoisotopic (exact) mass is 296 g/mol. The van der Waals surface area contributed by atoms with Gasteiger partial charge in [-0.3, -0.25) is 4.79 Å². The molecule has 82 valence electrons. The second-order valence-electron chi connectivity index (χ2n) is 3.12. The van der Waals surface area contributed by atoms with Gasteiger partial charge in [0.25, 0.3) is 0 Å². The van der Waals surface area contributed by atoms with Crippen molar-refractivity contribution in [3.63, 3.8) is 0 Å². The first-order chi connectivity index (χ1) is 7.77. The predicted octanol–water partition coefficient (Wildman–Crippen LogP) is 3.77. The van der Waals surface area contributed by atoms with E-state index < -0.39 is 0 Å². The molecule has 0 saturated carbocycles. The number of thiophene rings is 1. The highest BCUT2D eigenvalue weighted by Gasteiger charge is 2.11. The van der Waals surface area contributed by atoms with Gasteiger partial charge in [0.05, 0.1) is 4.88 Å². The molecule has 0 aliphatic carbocycles. The average molecular weight is 297 g/mol. The molecule has 1 heterocycles. The number of carbonyl (C=O) groups is 1. The highest BCUT2D eigenvalue weighted by molar-refractivity contribution is 9.10. The average Bonchev–Trinajstić information content (AvgIpc) is 2.74. The summed E-state index contributed by atoms with van der Waals surface area (Å²) in [6.45, 7) is 0.0725. The van der Waals surface area contributed by atoms with Crippen LogP contribution in [-0.4, -0.2) is 12.4 Å². The zero-order valence-electron chi connectivity index (χ0n) is 8.35. The van der Waals surface area contributed by atoms with Gasteiger partial charge in [-0.05, 0) is 39.5 Å². The Kier molecular flexibility index (Phi) is 3.74. The van der Waals surface area contributed by atoms with Crippen molar-refractivity contribution in [1.82, 2.24) is 0 Å². The lowest BCUT2D eigenvalue weighted by molar-refractivity contribution is 0.0925. The molecule has 16 heavy (non-hydrogen) atoms. The van der Waals surface area contributed by atoms with Gasteiger partial charge in [-0.15, -0.1) is 11.3 Å². The topological polar surface area (TPSA) is 26.3 Å². The van der Waals surface area contributed by atoms with Gasteiger partial charge in [-0.2, -0.15) is 0 Å². The van der Waals surface area contributed by atoms with Crippen LogP contribution in [0, 0.1) is 0 Å². The molecule has 1 aromatic heterocycles. The van der Waals surface area contributed by atoms with Crippen molar-refractivity contribution in [1.29, 1.82) is 0 Å². The number of carbonyl (C=O) groups excluding carboxylic acids is 1. The minimum atomic E-state index is -0.00859. The molecule has 0 fully saturated rings. The Morgan fingerprint density at radius 3 is 2.62 bits per heavy atom. The summed E-state index contributed by atoms with van der Waals surface area (Å²) in [6, 6.07) is 11.2. The molecular formula is C12H9BrO2S. The number of Topliss-reactive ketones (excluding diaryl/α,β-unsaturated/α-hetero) is 1. The molecule has 4 heteroatoms. The molecule has 0 radical (unpaired) electrons. The summed E-state index contributed by atoms with van der Waals surface area (Å²) in [4.78, 5) is 12.5. The molecule has 0 unspecified atom stereocenters. The number of rotatable bonds is 4. The van der Waals surface area contributed by atoms with Gasteiger partial charge < -0.3 is 4.74 Å². The van der Waals surface area contributed by atoms with Gasteiger partial charge in [0.15, 0.2) is 6.61 Å². The summed E-state index contributed by atoms with van der Waals surface area (Å²) in [6.07, 6.45) is 0. The van der Waals surface area contributed by atoms with Crippen molar-refractivity contribution in [3.05, 3.63) is 51.1 Å². The quantitative estimate of drug-likeness (QED) is 0.803. The number of hydrogen-bond donors (Lipinski definition) is 0. The van der Waals surface area contributed by atoms with Crippen LogP contribution in [0.1, 0.15) is 9.67 Å². The third kappa shape index (κ3) is 2.71. The molecule has 1 aromatic carbocycles. The zero-order valence-corrected chi connectivity index (χ0v) is 10.8. The Balaban J connectivity index is 1.97. The van der Waals surface area contributed by atoms with Crippen LogP contribution >= 0.6 is 27.3 Å². The van der Waals surface area contributed by atoms with Crippen LogP contribution < -0.4 is 4.74 Å². The Labute approximate surface area is 106 Å². The number of hydrogen-bond acceptors (Lipinski definition) is 3. The van der Waals surface area contributed by atoms with E-state index in [4.69, 9.17) is 4.74 Å². The highest BCUT2D eigenvalue weighted by Crippen LogP contribution is 2.23. The van der Waals surface area contributed by atoms with E-state index in [9.17, 15) is 4.79 Å².